The van der Waals surface area contributed by atoms with E-state index >= 15 is 0 Å². The summed E-state index contributed by atoms with van der Waals surface area (Å²) >= 11 is 6.12. The van der Waals surface area contributed by atoms with Crippen molar-refractivity contribution in [1.29, 1.82) is 0 Å². The summed E-state index contributed by atoms with van der Waals surface area (Å²) in [4.78, 5) is 20.7. The van der Waals surface area contributed by atoms with Gasteiger partial charge in [-0.15, -0.1) is 0 Å². The minimum atomic E-state index is 0.104. The number of carbonyl (C=O) groups excluding carboxylic acids is 1. The third-order valence-electron chi connectivity index (χ3n) is 4.07. The van der Waals surface area contributed by atoms with Crippen LogP contribution in [-0.4, -0.2) is 52.0 Å². The molecule has 0 aliphatic carbocycles. The van der Waals surface area contributed by atoms with Crippen LogP contribution in [0.15, 0.2) is 28.8 Å². The Morgan fingerprint density at radius 3 is 2.67 bits per heavy atom. The van der Waals surface area contributed by atoms with Gasteiger partial charge in [-0.1, -0.05) is 35.0 Å². The second-order valence-corrected chi connectivity index (χ2v) is 6.14. The Balaban J connectivity index is 1.49. The Bertz CT molecular complexity index is 697. The number of aromatic nitrogens is 2. The molecule has 2 aromatic rings. The maximum atomic E-state index is 12.4. The number of hydrogen-bond acceptors (Lipinski definition) is 6. The molecule has 128 valence electrons. The number of rotatable bonds is 5. The monoisotopic (exact) mass is 349 g/mol. The lowest BCUT2D eigenvalue weighted by molar-refractivity contribution is -0.132. The molecule has 0 bridgehead atoms. The first-order chi connectivity index (χ1) is 11.7. The zero-order valence-electron chi connectivity index (χ0n) is 13.3. The third kappa shape index (κ3) is 4.11. The molecule has 24 heavy (non-hydrogen) atoms. The molecule has 0 radical (unpaired) electrons. The quantitative estimate of drug-likeness (QED) is 0.868. The fourth-order valence-electron chi connectivity index (χ4n) is 2.71. The standard InChI is InChI=1S/C16H20ClN5O2/c17-13-4-2-1-3-12(13)9-16(23)22-7-5-21(6-8-22)11-14-19-15(10-18)24-20-14/h1-4H,5-11,18H2. The maximum Gasteiger partial charge on any atom is 0.240 e. The van der Waals surface area contributed by atoms with Crippen molar-refractivity contribution in [2.24, 2.45) is 5.73 Å². The average Bonchev–Trinajstić information content (AvgIpc) is 3.05. The molecule has 0 spiro atoms. The molecule has 3 rings (SSSR count). The summed E-state index contributed by atoms with van der Waals surface area (Å²) in [5.41, 5.74) is 6.33. The first-order valence-electron chi connectivity index (χ1n) is 7.91. The first kappa shape index (κ1) is 16.9. The van der Waals surface area contributed by atoms with Crippen molar-refractivity contribution in [1.82, 2.24) is 19.9 Å². The summed E-state index contributed by atoms with van der Waals surface area (Å²) in [7, 11) is 0. The van der Waals surface area contributed by atoms with Crippen LogP contribution in [0.1, 0.15) is 17.3 Å². The fraction of sp³-hybridized carbons (Fsp3) is 0.438. The van der Waals surface area contributed by atoms with Gasteiger partial charge in [-0.25, -0.2) is 0 Å². The number of hydrogen-bond donors (Lipinski definition) is 1. The Kier molecular flexibility index (Phi) is 5.44. The third-order valence-corrected chi connectivity index (χ3v) is 4.44. The largest absolute Gasteiger partial charge is 0.340 e. The van der Waals surface area contributed by atoms with E-state index in [0.29, 0.717) is 42.8 Å². The lowest BCUT2D eigenvalue weighted by Gasteiger charge is -2.34. The molecule has 7 nitrogen and oxygen atoms in total. The Hall–Kier alpha value is -1.96. The van der Waals surface area contributed by atoms with E-state index in [2.05, 4.69) is 15.0 Å². The van der Waals surface area contributed by atoms with E-state index < -0.39 is 0 Å². The van der Waals surface area contributed by atoms with E-state index in [1.807, 2.05) is 29.2 Å². The zero-order valence-corrected chi connectivity index (χ0v) is 14.1. The average molecular weight is 350 g/mol. The summed E-state index contributed by atoms with van der Waals surface area (Å²) in [5.74, 6) is 1.18. The molecule has 1 amide bonds. The fourth-order valence-corrected chi connectivity index (χ4v) is 2.91. The van der Waals surface area contributed by atoms with Crippen LogP contribution in [0.25, 0.3) is 0 Å². The number of amides is 1. The predicted octanol–water partition coefficient (Wildman–Crippen LogP) is 1.07. The van der Waals surface area contributed by atoms with Crippen molar-refractivity contribution < 1.29 is 9.32 Å². The molecule has 1 aromatic heterocycles. The number of nitrogens with zero attached hydrogens (tertiary/aromatic N) is 4. The van der Waals surface area contributed by atoms with Gasteiger partial charge in [0.2, 0.25) is 11.8 Å². The normalized spacial score (nSPS) is 15.7. The molecular weight excluding hydrogens is 330 g/mol. The molecule has 1 aliphatic rings. The first-order valence-corrected chi connectivity index (χ1v) is 8.28. The second-order valence-electron chi connectivity index (χ2n) is 5.73. The van der Waals surface area contributed by atoms with Gasteiger partial charge in [0, 0.05) is 31.2 Å². The molecule has 2 heterocycles. The van der Waals surface area contributed by atoms with Crippen molar-refractivity contribution in [3.63, 3.8) is 0 Å². The van der Waals surface area contributed by atoms with E-state index in [1.54, 1.807) is 0 Å². The van der Waals surface area contributed by atoms with E-state index in [1.165, 1.54) is 0 Å². The zero-order chi connectivity index (χ0) is 16.9. The topological polar surface area (TPSA) is 88.5 Å². The summed E-state index contributed by atoms with van der Waals surface area (Å²) in [5, 5.41) is 4.53. The molecule has 1 aromatic carbocycles. The van der Waals surface area contributed by atoms with Crippen LogP contribution in [0.2, 0.25) is 5.02 Å². The lowest BCUT2D eigenvalue weighted by Crippen LogP contribution is -2.48. The van der Waals surface area contributed by atoms with Gasteiger partial charge >= 0.3 is 0 Å². The molecule has 0 unspecified atom stereocenters. The summed E-state index contributed by atoms with van der Waals surface area (Å²) in [6.07, 6.45) is 0.338. The number of halogens is 1. The summed E-state index contributed by atoms with van der Waals surface area (Å²) in [6.45, 7) is 3.78. The van der Waals surface area contributed by atoms with E-state index in [-0.39, 0.29) is 12.5 Å². The highest BCUT2D eigenvalue weighted by molar-refractivity contribution is 6.31. The Labute approximate surface area is 145 Å². The highest BCUT2D eigenvalue weighted by atomic mass is 35.5. The van der Waals surface area contributed by atoms with Gasteiger partial charge in [0.05, 0.1) is 19.5 Å². The highest BCUT2D eigenvalue weighted by Gasteiger charge is 2.22. The minimum Gasteiger partial charge on any atom is -0.340 e. The molecule has 1 fully saturated rings. The smallest absolute Gasteiger partial charge is 0.240 e. The van der Waals surface area contributed by atoms with Crippen LogP contribution in [-0.2, 0) is 24.3 Å². The second kappa shape index (κ2) is 7.74. The van der Waals surface area contributed by atoms with Crippen molar-refractivity contribution in [2.45, 2.75) is 19.5 Å². The molecule has 0 saturated carbocycles. The highest BCUT2D eigenvalue weighted by Crippen LogP contribution is 2.17. The van der Waals surface area contributed by atoms with E-state index in [0.717, 1.165) is 18.7 Å². The Morgan fingerprint density at radius 1 is 1.25 bits per heavy atom. The summed E-state index contributed by atoms with van der Waals surface area (Å²) in [6, 6.07) is 7.46. The van der Waals surface area contributed by atoms with Gasteiger partial charge in [0.25, 0.3) is 0 Å². The van der Waals surface area contributed by atoms with Crippen LogP contribution < -0.4 is 5.73 Å². The SMILES string of the molecule is NCc1nc(CN2CCN(C(=O)Cc3ccccc3Cl)CC2)no1. The molecule has 8 heteroatoms. The lowest BCUT2D eigenvalue weighted by atomic mass is 10.1. The number of carbonyl (C=O) groups is 1. The van der Waals surface area contributed by atoms with Crippen LogP contribution in [0.3, 0.4) is 0 Å². The Morgan fingerprint density at radius 2 is 2.00 bits per heavy atom. The van der Waals surface area contributed by atoms with Crippen LogP contribution in [0.5, 0.6) is 0 Å². The number of benzene rings is 1. The predicted molar refractivity (Wildman–Crippen MR) is 89.2 cm³/mol. The molecule has 0 atom stereocenters. The van der Waals surface area contributed by atoms with Gasteiger partial charge in [-0.2, -0.15) is 4.98 Å². The van der Waals surface area contributed by atoms with Gasteiger partial charge in [0.1, 0.15) is 0 Å². The summed E-state index contributed by atoms with van der Waals surface area (Å²) < 4.78 is 5.00. The van der Waals surface area contributed by atoms with Crippen LogP contribution in [0, 0.1) is 0 Å². The molecule has 1 aliphatic heterocycles. The van der Waals surface area contributed by atoms with Crippen LogP contribution in [0.4, 0.5) is 0 Å². The van der Waals surface area contributed by atoms with E-state index in [9.17, 15) is 4.79 Å². The van der Waals surface area contributed by atoms with E-state index in [4.69, 9.17) is 21.9 Å². The molecule has 1 saturated heterocycles. The number of nitrogens with two attached hydrogens (primary N) is 1. The van der Waals surface area contributed by atoms with Crippen molar-refractivity contribution in [2.75, 3.05) is 26.2 Å². The number of piperazine rings is 1. The van der Waals surface area contributed by atoms with Crippen molar-refractivity contribution in [3.8, 4) is 0 Å². The van der Waals surface area contributed by atoms with Crippen LogP contribution >= 0.6 is 11.6 Å². The van der Waals surface area contributed by atoms with Gasteiger partial charge in [-0.3, -0.25) is 9.69 Å². The van der Waals surface area contributed by atoms with Crippen molar-refractivity contribution in [3.05, 3.63) is 46.6 Å². The molecule has 2 N–H and O–H groups in total. The van der Waals surface area contributed by atoms with Gasteiger partial charge in [0.15, 0.2) is 5.82 Å². The maximum absolute atomic E-state index is 12.4. The minimum absolute atomic E-state index is 0.104. The molecular formula is C16H20ClN5O2. The van der Waals surface area contributed by atoms with Crippen molar-refractivity contribution >= 4 is 17.5 Å². The van der Waals surface area contributed by atoms with Gasteiger partial charge in [-0.05, 0) is 11.6 Å². The van der Waals surface area contributed by atoms with Gasteiger partial charge < -0.3 is 15.2 Å².